The minimum atomic E-state index is 0.0937. The van der Waals surface area contributed by atoms with Crippen molar-refractivity contribution < 1.29 is 4.79 Å². The van der Waals surface area contributed by atoms with Crippen LogP contribution in [0.2, 0.25) is 0 Å². The minimum absolute atomic E-state index is 0.0937. The lowest BCUT2D eigenvalue weighted by molar-refractivity contribution is -0.124. The van der Waals surface area contributed by atoms with Crippen molar-refractivity contribution in [3.63, 3.8) is 0 Å². The molecule has 1 saturated heterocycles. The first-order valence-corrected chi connectivity index (χ1v) is 7.71. The molecule has 1 saturated carbocycles. The highest BCUT2D eigenvalue weighted by atomic mass is 16.1. The summed E-state index contributed by atoms with van der Waals surface area (Å²) in [7, 11) is 2.19. The Morgan fingerprint density at radius 2 is 1.55 bits per heavy atom. The molecule has 0 amide bonds. The van der Waals surface area contributed by atoms with Gasteiger partial charge in [-0.25, -0.2) is 0 Å². The zero-order valence-electron chi connectivity index (χ0n) is 12.3. The Morgan fingerprint density at radius 1 is 0.950 bits per heavy atom. The van der Waals surface area contributed by atoms with Gasteiger partial charge in [-0.05, 0) is 25.5 Å². The summed E-state index contributed by atoms with van der Waals surface area (Å²) in [6.07, 6.45) is 3.45. The molecule has 0 unspecified atom stereocenters. The molecule has 3 heteroatoms. The second-order valence-corrected chi connectivity index (χ2v) is 6.23. The molecule has 1 heterocycles. The molecule has 0 bridgehead atoms. The monoisotopic (exact) mass is 272 g/mol. The molecule has 1 aromatic carbocycles. The van der Waals surface area contributed by atoms with E-state index in [2.05, 4.69) is 47.2 Å². The van der Waals surface area contributed by atoms with Crippen molar-refractivity contribution in [2.45, 2.75) is 31.2 Å². The predicted molar refractivity (Wildman–Crippen MR) is 80.7 cm³/mol. The van der Waals surface area contributed by atoms with Gasteiger partial charge in [0.05, 0.1) is 0 Å². The van der Waals surface area contributed by atoms with Crippen LogP contribution in [0.5, 0.6) is 0 Å². The van der Waals surface area contributed by atoms with Crippen LogP contribution in [0, 0.1) is 0 Å². The summed E-state index contributed by atoms with van der Waals surface area (Å²) in [6.45, 7) is 4.48. The summed E-state index contributed by atoms with van der Waals surface area (Å²) < 4.78 is 0. The highest BCUT2D eigenvalue weighted by Crippen LogP contribution is 2.41. The fourth-order valence-electron chi connectivity index (χ4n) is 3.71. The van der Waals surface area contributed by atoms with E-state index in [1.165, 1.54) is 5.56 Å². The highest BCUT2D eigenvalue weighted by Gasteiger charge is 2.41. The first kappa shape index (κ1) is 13.8. The Kier molecular flexibility index (Phi) is 3.90. The Balaban J connectivity index is 1.90. The van der Waals surface area contributed by atoms with Crippen LogP contribution in [0.15, 0.2) is 30.3 Å². The Hall–Kier alpha value is -1.19. The van der Waals surface area contributed by atoms with E-state index in [0.717, 1.165) is 51.9 Å². The molecule has 0 N–H and O–H groups in total. The fourth-order valence-corrected chi connectivity index (χ4v) is 3.71. The van der Waals surface area contributed by atoms with Crippen LogP contribution in [0.1, 0.15) is 31.2 Å². The summed E-state index contributed by atoms with van der Waals surface area (Å²) in [5, 5.41) is 0. The summed E-state index contributed by atoms with van der Waals surface area (Å²) in [5.41, 5.74) is 1.49. The van der Waals surface area contributed by atoms with Gasteiger partial charge in [-0.3, -0.25) is 9.69 Å². The smallest absolute Gasteiger partial charge is 0.133 e. The molecule has 0 spiro atoms. The van der Waals surface area contributed by atoms with E-state index >= 15 is 0 Å². The maximum atomic E-state index is 11.7. The van der Waals surface area contributed by atoms with Crippen molar-refractivity contribution in [2.24, 2.45) is 0 Å². The van der Waals surface area contributed by atoms with Crippen molar-refractivity contribution in [1.29, 1.82) is 0 Å². The van der Waals surface area contributed by atoms with Gasteiger partial charge in [-0.2, -0.15) is 0 Å². The molecule has 2 fully saturated rings. The van der Waals surface area contributed by atoms with Crippen molar-refractivity contribution >= 4 is 5.78 Å². The first-order chi connectivity index (χ1) is 9.71. The number of rotatable bonds is 2. The SMILES string of the molecule is CN1CCN(C2(c3ccccc3)CCC(=O)CC2)CC1. The Bertz CT molecular complexity index is 453. The number of carbonyl (C=O) groups excluding carboxylic acids is 1. The zero-order valence-corrected chi connectivity index (χ0v) is 12.3. The Morgan fingerprint density at radius 3 is 2.15 bits per heavy atom. The van der Waals surface area contributed by atoms with Crippen molar-refractivity contribution in [3.05, 3.63) is 35.9 Å². The van der Waals surface area contributed by atoms with Gasteiger partial charge >= 0.3 is 0 Å². The van der Waals surface area contributed by atoms with Crippen LogP contribution in [-0.2, 0) is 10.3 Å². The van der Waals surface area contributed by atoms with Crippen LogP contribution in [0.4, 0.5) is 0 Å². The molecule has 1 aromatic rings. The third-order valence-corrected chi connectivity index (χ3v) is 5.05. The molecular formula is C17H24N2O. The summed E-state index contributed by atoms with van der Waals surface area (Å²) in [5.74, 6) is 0.436. The first-order valence-electron chi connectivity index (χ1n) is 7.71. The van der Waals surface area contributed by atoms with Crippen LogP contribution < -0.4 is 0 Å². The van der Waals surface area contributed by atoms with Gasteiger partial charge in [0.1, 0.15) is 5.78 Å². The standard InChI is InChI=1S/C17H24N2O/c1-18-11-13-19(14-12-18)17(9-7-16(20)8-10-17)15-5-3-2-4-6-15/h2-6H,7-14H2,1H3. The van der Waals surface area contributed by atoms with Crippen molar-refractivity contribution in [3.8, 4) is 0 Å². The Labute approximate surface area is 121 Å². The van der Waals surface area contributed by atoms with Gasteiger partial charge in [0.15, 0.2) is 0 Å². The van der Waals surface area contributed by atoms with Gasteiger partial charge in [-0.1, -0.05) is 30.3 Å². The highest BCUT2D eigenvalue weighted by molar-refractivity contribution is 5.79. The third-order valence-electron chi connectivity index (χ3n) is 5.05. The second kappa shape index (κ2) is 5.66. The van der Waals surface area contributed by atoms with Crippen molar-refractivity contribution in [2.75, 3.05) is 33.2 Å². The van der Waals surface area contributed by atoms with Gasteiger partial charge in [0, 0.05) is 44.6 Å². The molecule has 108 valence electrons. The van der Waals surface area contributed by atoms with Gasteiger partial charge in [-0.15, -0.1) is 0 Å². The second-order valence-electron chi connectivity index (χ2n) is 6.23. The number of likely N-dealkylation sites (N-methyl/N-ethyl adjacent to an activating group) is 1. The number of piperazine rings is 1. The number of ketones is 1. The van der Waals surface area contributed by atoms with Crippen LogP contribution in [0.3, 0.4) is 0 Å². The van der Waals surface area contributed by atoms with Crippen LogP contribution in [-0.4, -0.2) is 48.8 Å². The van der Waals surface area contributed by atoms with Crippen LogP contribution in [0.25, 0.3) is 0 Å². The molecule has 0 radical (unpaired) electrons. The average Bonchev–Trinajstić information content (AvgIpc) is 2.50. The van der Waals surface area contributed by atoms with Gasteiger partial charge in [0.2, 0.25) is 0 Å². The summed E-state index contributed by atoms with van der Waals surface area (Å²) in [6, 6.07) is 10.8. The molecule has 0 atom stereocenters. The third kappa shape index (κ3) is 2.52. The summed E-state index contributed by atoms with van der Waals surface area (Å²) in [4.78, 5) is 16.7. The lowest BCUT2D eigenvalue weighted by Gasteiger charge is -2.49. The number of benzene rings is 1. The topological polar surface area (TPSA) is 23.6 Å². The molecule has 3 nitrogen and oxygen atoms in total. The fraction of sp³-hybridized carbons (Fsp3) is 0.588. The molecule has 3 rings (SSSR count). The molecular weight excluding hydrogens is 248 g/mol. The van der Waals surface area contributed by atoms with E-state index < -0.39 is 0 Å². The van der Waals surface area contributed by atoms with Crippen LogP contribution >= 0.6 is 0 Å². The molecule has 1 aliphatic carbocycles. The predicted octanol–water partition coefficient (Wildman–Crippen LogP) is 2.27. The normalized spacial score (nSPS) is 24.8. The van der Waals surface area contributed by atoms with E-state index in [9.17, 15) is 4.79 Å². The lowest BCUT2D eigenvalue weighted by Crippen LogP contribution is -2.56. The van der Waals surface area contributed by atoms with Gasteiger partial charge in [0.25, 0.3) is 0 Å². The molecule has 0 aromatic heterocycles. The van der Waals surface area contributed by atoms with E-state index in [1.54, 1.807) is 0 Å². The zero-order chi connectivity index (χ0) is 14.0. The van der Waals surface area contributed by atoms with E-state index in [4.69, 9.17) is 0 Å². The van der Waals surface area contributed by atoms with Crippen molar-refractivity contribution in [1.82, 2.24) is 9.80 Å². The number of nitrogens with zero attached hydrogens (tertiary/aromatic N) is 2. The molecule has 2 aliphatic rings. The number of hydrogen-bond acceptors (Lipinski definition) is 3. The maximum absolute atomic E-state index is 11.7. The largest absolute Gasteiger partial charge is 0.304 e. The van der Waals surface area contributed by atoms with Gasteiger partial charge < -0.3 is 4.90 Å². The maximum Gasteiger partial charge on any atom is 0.133 e. The summed E-state index contributed by atoms with van der Waals surface area (Å²) >= 11 is 0. The minimum Gasteiger partial charge on any atom is -0.304 e. The molecule has 20 heavy (non-hydrogen) atoms. The number of Topliss-reactive ketones (excluding diaryl/α,β-unsaturated/α-hetero) is 1. The molecule has 1 aliphatic heterocycles. The lowest BCUT2D eigenvalue weighted by atomic mass is 9.74. The average molecular weight is 272 g/mol. The number of carbonyl (C=O) groups is 1. The number of hydrogen-bond donors (Lipinski definition) is 0. The van der Waals surface area contributed by atoms with E-state index in [1.807, 2.05) is 0 Å². The quantitative estimate of drug-likeness (QED) is 0.825. The van der Waals surface area contributed by atoms with E-state index in [0.29, 0.717) is 5.78 Å². The van der Waals surface area contributed by atoms with E-state index in [-0.39, 0.29) is 5.54 Å².